The molecule has 0 bridgehead atoms. The van der Waals surface area contributed by atoms with E-state index in [1.807, 2.05) is 0 Å². The van der Waals surface area contributed by atoms with E-state index in [9.17, 15) is 13.6 Å². The van der Waals surface area contributed by atoms with E-state index in [1.165, 1.54) is 0 Å². The summed E-state index contributed by atoms with van der Waals surface area (Å²) in [6, 6.07) is 3.25. The summed E-state index contributed by atoms with van der Waals surface area (Å²) >= 11 is 0. The van der Waals surface area contributed by atoms with Crippen molar-refractivity contribution in [2.75, 3.05) is 0 Å². The number of halogens is 2. The average molecular weight is 240 g/mol. The van der Waals surface area contributed by atoms with Crippen LogP contribution in [0.25, 0.3) is 0 Å². The molecule has 0 aromatic heterocycles. The van der Waals surface area contributed by atoms with Gasteiger partial charge in [-0.1, -0.05) is 6.42 Å². The highest BCUT2D eigenvalue weighted by atomic mass is 19.1. The molecule has 92 valence electrons. The predicted molar refractivity (Wildman–Crippen MR) is 58.7 cm³/mol. The van der Waals surface area contributed by atoms with Crippen LogP contribution in [0, 0.1) is 17.6 Å². The molecule has 2 rings (SSSR count). The third-order valence-electron chi connectivity index (χ3n) is 3.47. The first-order valence-electron chi connectivity index (χ1n) is 5.74. The monoisotopic (exact) mass is 240 g/mol. The zero-order valence-electron chi connectivity index (χ0n) is 9.33. The van der Waals surface area contributed by atoms with E-state index in [4.69, 9.17) is 5.11 Å². The molecule has 0 saturated heterocycles. The first kappa shape index (κ1) is 12.0. The van der Waals surface area contributed by atoms with Gasteiger partial charge in [-0.15, -0.1) is 0 Å². The second-order valence-electron chi connectivity index (χ2n) is 4.56. The van der Waals surface area contributed by atoms with E-state index in [-0.39, 0.29) is 17.9 Å². The molecule has 0 aliphatic heterocycles. The smallest absolute Gasteiger partial charge is 0.303 e. The first-order valence-corrected chi connectivity index (χ1v) is 5.74. The van der Waals surface area contributed by atoms with Gasteiger partial charge in [0.25, 0.3) is 0 Å². The van der Waals surface area contributed by atoms with Crippen molar-refractivity contribution in [2.45, 2.75) is 31.6 Å². The van der Waals surface area contributed by atoms with Gasteiger partial charge in [-0.05, 0) is 42.5 Å². The topological polar surface area (TPSA) is 37.3 Å². The lowest BCUT2D eigenvalue weighted by atomic mass is 9.71. The number of benzene rings is 1. The number of aliphatic carboxylic acids is 1. The molecule has 4 heteroatoms. The molecule has 17 heavy (non-hydrogen) atoms. The summed E-state index contributed by atoms with van der Waals surface area (Å²) in [4.78, 5) is 10.8. The molecule has 0 heterocycles. The van der Waals surface area contributed by atoms with Gasteiger partial charge in [-0.3, -0.25) is 4.79 Å². The summed E-state index contributed by atoms with van der Waals surface area (Å²) in [5.74, 6) is -2.23. The van der Waals surface area contributed by atoms with Crippen LogP contribution in [0.4, 0.5) is 8.78 Å². The van der Waals surface area contributed by atoms with Gasteiger partial charge < -0.3 is 5.11 Å². The van der Waals surface area contributed by atoms with E-state index in [1.54, 1.807) is 0 Å². The molecule has 1 N–H and O–H groups in total. The summed E-state index contributed by atoms with van der Waals surface area (Å²) in [5, 5.41) is 8.86. The summed E-state index contributed by atoms with van der Waals surface area (Å²) in [6.45, 7) is 0. The van der Waals surface area contributed by atoms with Gasteiger partial charge in [0.15, 0.2) is 0 Å². The Morgan fingerprint density at radius 3 is 2.65 bits per heavy atom. The van der Waals surface area contributed by atoms with Crippen LogP contribution in [-0.4, -0.2) is 11.1 Å². The first-order chi connectivity index (χ1) is 8.08. The molecular formula is C13H14F2O2. The minimum atomic E-state index is -0.967. The van der Waals surface area contributed by atoms with Crippen molar-refractivity contribution in [1.29, 1.82) is 0 Å². The van der Waals surface area contributed by atoms with E-state index in [0.29, 0.717) is 0 Å². The fourth-order valence-corrected chi connectivity index (χ4v) is 2.36. The minimum Gasteiger partial charge on any atom is -0.481 e. The number of carbonyl (C=O) groups is 1. The van der Waals surface area contributed by atoms with E-state index in [2.05, 4.69) is 0 Å². The van der Waals surface area contributed by atoms with Crippen LogP contribution in [-0.2, 0) is 4.79 Å². The zero-order chi connectivity index (χ0) is 12.4. The van der Waals surface area contributed by atoms with E-state index < -0.39 is 23.5 Å². The molecule has 1 fully saturated rings. The second-order valence-corrected chi connectivity index (χ2v) is 4.56. The number of rotatable bonds is 4. The van der Waals surface area contributed by atoms with Gasteiger partial charge in [0.1, 0.15) is 11.6 Å². The summed E-state index contributed by atoms with van der Waals surface area (Å²) in [5.41, 5.74) is 0.206. The van der Waals surface area contributed by atoms with Crippen molar-refractivity contribution in [2.24, 2.45) is 5.92 Å². The Labute approximate surface area is 98.3 Å². The molecule has 1 aromatic rings. The standard InChI is InChI=1S/C13H14F2O2/c14-9-4-5-12(15)11(6-9)10(7-13(16)17)8-2-1-3-8/h4-6,8,10H,1-3,7H2,(H,16,17). The number of carboxylic acids is 1. The molecule has 0 spiro atoms. The molecule has 1 unspecified atom stereocenters. The quantitative estimate of drug-likeness (QED) is 0.876. The van der Waals surface area contributed by atoms with Crippen molar-refractivity contribution in [3.63, 3.8) is 0 Å². The Balaban J connectivity index is 2.29. The highest BCUT2D eigenvalue weighted by molar-refractivity contribution is 5.68. The van der Waals surface area contributed by atoms with Gasteiger partial charge in [0, 0.05) is 5.92 Å². The van der Waals surface area contributed by atoms with Gasteiger partial charge in [-0.25, -0.2) is 8.78 Å². The van der Waals surface area contributed by atoms with Crippen LogP contribution >= 0.6 is 0 Å². The van der Waals surface area contributed by atoms with Crippen LogP contribution < -0.4 is 0 Å². The summed E-state index contributed by atoms with van der Waals surface area (Å²) < 4.78 is 26.7. The SMILES string of the molecule is O=C(O)CC(c1cc(F)ccc1F)C1CCC1. The third-order valence-corrected chi connectivity index (χ3v) is 3.47. The van der Waals surface area contributed by atoms with Crippen LogP contribution in [0.3, 0.4) is 0 Å². The molecule has 1 aromatic carbocycles. The lowest BCUT2D eigenvalue weighted by Crippen LogP contribution is -2.23. The lowest BCUT2D eigenvalue weighted by Gasteiger charge is -2.33. The van der Waals surface area contributed by atoms with Crippen molar-refractivity contribution in [3.05, 3.63) is 35.4 Å². The number of carboxylic acid groups (broad SMARTS) is 1. The van der Waals surface area contributed by atoms with Gasteiger partial charge >= 0.3 is 5.97 Å². The average Bonchev–Trinajstić information content (AvgIpc) is 2.17. The molecule has 1 aliphatic carbocycles. The number of hydrogen-bond donors (Lipinski definition) is 1. The largest absolute Gasteiger partial charge is 0.481 e. The highest BCUT2D eigenvalue weighted by Gasteiger charge is 2.32. The molecule has 2 nitrogen and oxygen atoms in total. The molecule has 0 amide bonds. The van der Waals surface area contributed by atoms with Crippen LogP contribution in [0.2, 0.25) is 0 Å². The van der Waals surface area contributed by atoms with E-state index >= 15 is 0 Å². The molecule has 1 saturated carbocycles. The van der Waals surface area contributed by atoms with Gasteiger partial charge in [-0.2, -0.15) is 0 Å². The maximum Gasteiger partial charge on any atom is 0.303 e. The Morgan fingerprint density at radius 1 is 1.41 bits per heavy atom. The van der Waals surface area contributed by atoms with Crippen molar-refractivity contribution in [1.82, 2.24) is 0 Å². The number of hydrogen-bond acceptors (Lipinski definition) is 1. The van der Waals surface area contributed by atoms with Gasteiger partial charge in [0.2, 0.25) is 0 Å². The fourth-order valence-electron chi connectivity index (χ4n) is 2.36. The van der Waals surface area contributed by atoms with Crippen molar-refractivity contribution >= 4 is 5.97 Å². The Bertz CT molecular complexity index is 427. The van der Waals surface area contributed by atoms with Gasteiger partial charge in [0.05, 0.1) is 6.42 Å². The lowest BCUT2D eigenvalue weighted by molar-refractivity contribution is -0.138. The molecule has 0 radical (unpaired) electrons. The minimum absolute atomic E-state index is 0.134. The summed E-state index contributed by atoms with van der Waals surface area (Å²) in [7, 11) is 0. The fraction of sp³-hybridized carbons (Fsp3) is 0.462. The van der Waals surface area contributed by atoms with E-state index in [0.717, 1.165) is 37.5 Å². The maximum atomic E-state index is 13.6. The predicted octanol–water partition coefficient (Wildman–Crippen LogP) is 3.32. The van der Waals surface area contributed by atoms with Crippen molar-refractivity contribution < 1.29 is 18.7 Å². The molecule has 1 atom stereocenters. The maximum absolute atomic E-state index is 13.6. The zero-order valence-corrected chi connectivity index (χ0v) is 9.33. The molecule has 1 aliphatic rings. The Morgan fingerprint density at radius 2 is 2.12 bits per heavy atom. The van der Waals surface area contributed by atoms with Crippen molar-refractivity contribution in [3.8, 4) is 0 Å². The van der Waals surface area contributed by atoms with Crippen LogP contribution in [0.1, 0.15) is 37.2 Å². The van der Waals surface area contributed by atoms with Crippen LogP contribution in [0.5, 0.6) is 0 Å². The summed E-state index contributed by atoms with van der Waals surface area (Å²) in [6.07, 6.45) is 2.70. The highest BCUT2D eigenvalue weighted by Crippen LogP contribution is 2.42. The Kier molecular flexibility index (Phi) is 3.41. The third kappa shape index (κ3) is 2.62. The second kappa shape index (κ2) is 4.82. The molecular weight excluding hydrogens is 226 g/mol. The normalized spacial score (nSPS) is 17.5. The Hall–Kier alpha value is -1.45. The van der Waals surface area contributed by atoms with Crippen LogP contribution in [0.15, 0.2) is 18.2 Å².